The molecule has 1 aliphatic rings. The molecule has 2 aromatic rings. The minimum Gasteiger partial charge on any atom is -0.493 e. The van der Waals surface area contributed by atoms with Gasteiger partial charge in [-0.2, -0.15) is 0 Å². The second-order valence-corrected chi connectivity index (χ2v) is 7.41. The molecule has 0 bridgehead atoms. The molecular formula is C23H30N4O2. The number of benzene rings is 2. The van der Waals surface area contributed by atoms with Gasteiger partial charge in [-0.15, -0.1) is 0 Å². The number of rotatable bonds is 9. The fourth-order valence-electron chi connectivity index (χ4n) is 2.86. The summed E-state index contributed by atoms with van der Waals surface area (Å²) in [5.74, 6) is 2.12. The third-order valence-electron chi connectivity index (χ3n) is 4.81. The topological polar surface area (TPSA) is 74.8 Å². The fourth-order valence-corrected chi connectivity index (χ4v) is 2.86. The number of aliphatic imine (C=N–C) groups is 1. The molecule has 0 heterocycles. The summed E-state index contributed by atoms with van der Waals surface area (Å²) >= 11 is 0. The molecule has 0 aliphatic heterocycles. The van der Waals surface area contributed by atoms with Crippen molar-refractivity contribution < 1.29 is 9.53 Å². The van der Waals surface area contributed by atoms with E-state index in [1.165, 1.54) is 18.4 Å². The highest BCUT2D eigenvalue weighted by Gasteiger charge is 2.22. The van der Waals surface area contributed by atoms with Crippen molar-refractivity contribution in [2.45, 2.75) is 32.9 Å². The first-order valence-corrected chi connectivity index (χ1v) is 10.1. The van der Waals surface area contributed by atoms with Crippen molar-refractivity contribution in [1.29, 1.82) is 0 Å². The summed E-state index contributed by atoms with van der Waals surface area (Å²) in [6, 6.07) is 16.1. The first-order chi connectivity index (χ1) is 14.1. The lowest BCUT2D eigenvalue weighted by Crippen LogP contribution is -2.42. The van der Waals surface area contributed by atoms with Gasteiger partial charge in [0.25, 0.3) is 0 Å². The van der Waals surface area contributed by atoms with E-state index in [-0.39, 0.29) is 12.5 Å². The summed E-state index contributed by atoms with van der Waals surface area (Å²) in [4.78, 5) is 16.3. The van der Waals surface area contributed by atoms with Crippen molar-refractivity contribution in [2.75, 3.05) is 20.2 Å². The second kappa shape index (κ2) is 10.5. The monoisotopic (exact) mass is 394 g/mol. The molecule has 2 aromatic carbocycles. The Balaban J connectivity index is 1.44. The van der Waals surface area contributed by atoms with E-state index in [1.807, 2.05) is 30.3 Å². The number of aryl methyl sites for hydroxylation is 1. The third-order valence-corrected chi connectivity index (χ3v) is 4.81. The Kier molecular flexibility index (Phi) is 7.50. The van der Waals surface area contributed by atoms with Gasteiger partial charge in [-0.25, -0.2) is 0 Å². The summed E-state index contributed by atoms with van der Waals surface area (Å²) in [6.45, 7) is 4.09. The number of hydrogen-bond donors (Lipinski definition) is 3. The predicted octanol–water partition coefficient (Wildman–Crippen LogP) is 2.77. The van der Waals surface area contributed by atoms with Gasteiger partial charge in [0.1, 0.15) is 5.75 Å². The molecule has 0 saturated heterocycles. The molecule has 1 fully saturated rings. The average molecular weight is 395 g/mol. The third kappa shape index (κ3) is 7.14. The molecule has 3 rings (SSSR count). The minimum absolute atomic E-state index is 0.0828. The van der Waals surface area contributed by atoms with Crippen molar-refractivity contribution >= 4 is 11.9 Å². The largest absolute Gasteiger partial charge is 0.493 e. The van der Waals surface area contributed by atoms with Crippen molar-refractivity contribution in [3.8, 4) is 5.75 Å². The Morgan fingerprint density at radius 3 is 2.59 bits per heavy atom. The summed E-state index contributed by atoms with van der Waals surface area (Å²) in [5, 5.41) is 9.21. The molecule has 0 unspecified atom stereocenters. The Hall–Kier alpha value is -3.02. The van der Waals surface area contributed by atoms with E-state index in [0.717, 1.165) is 23.5 Å². The van der Waals surface area contributed by atoms with Crippen molar-refractivity contribution in [2.24, 2.45) is 10.9 Å². The smallest absolute Gasteiger partial charge is 0.239 e. The van der Waals surface area contributed by atoms with E-state index in [4.69, 9.17) is 4.74 Å². The second-order valence-electron chi connectivity index (χ2n) is 7.41. The number of nitrogens with zero attached hydrogens (tertiary/aromatic N) is 1. The molecule has 29 heavy (non-hydrogen) atoms. The summed E-state index contributed by atoms with van der Waals surface area (Å²) in [6.07, 6.45) is 2.53. The van der Waals surface area contributed by atoms with Gasteiger partial charge in [0.15, 0.2) is 5.96 Å². The van der Waals surface area contributed by atoms with Gasteiger partial charge in [0, 0.05) is 25.7 Å². The van der Waals surface area contributed by atoms with Gasteiger partial charge in [0.2, 0.25) is 5.91 Å². The Morgan fingerprint density at radius 2 is 1.86 bits per heavy atom. The van der Waals surface area contributed by atoms with Gasteiger partial charge in [-0.3, -0.25) is 9.79 Å². The van der Waals surface area contributed by atoms with Crippen LogP contribution in [-0.2, 0) is 17.9 Å². The van der Waals surface area contributed by atoms with Crippen LogP contribution >= 0.6 is 0 Å². The lowest BCUT2D eigenvalue weighted by molar-refractivity contribution is -0.120. The summed E-state index contributed by atoms with van der Waals surface area (Å²) in [5.41, 5.74) is 3.33. The van der Waals surface area contributed by atoms with Crippen LogP contribution in [0.3, 0.4) is 0 Å². The molecule has 1 saturated carbocycles. The lowest BCUT2D eigenvalue weighted by atomic mass is 10.1. The first kappa shape index (κ1) is 20.7. The molecule has 1 aliphatic carbocycles. The number of guanidine groups is 1. The van der Waals surface area contributed by atoms with Crippen LogP contribution in [0.1, 0.15) is 29.5 Å². The standard InChI is InChI=1S/C23H30N4O2/c1-17-8-11-20(21(12-17)29-16-19-9-10-19)14-26-23(24-2)27-15-22(28)25-13-18-6-4-3-5-7-18/h3-8,11-12,19H,9-10,13-16H2,1-2H3,(H,25,28)(H2,24,26,27). The van der Waals surface area contributed by atoms with Crippen LogP contribution in [0.25, 0.3) is 0 Å². The van der Waals surface area contributed by atoms with E-state index < -0.39 is 0 Å². The van der Waals surface area contributed by atoms with Crippen LogP contribution in [0.5, 0.6) is 5.75 Å². The highest BCUT2D eigenvalue weighted by molar-refractivity contribution is 5.86. The SMILES string of the molecule is CN=C(NCC(=O)NCc1ccccc1)NCc1ccc(C)cc1OCC1CC1. The van der Waals surface area contributed by atoms with Gasteiger partial charge in [-0.05, 0) is 42.9 Å². The number of carbonyl (C=O) groups excluding carboxylic acids is 1. The molecule has 6 heteroatoms. The van der Waals surface area contributed by atoms with Crippen LogP contribution in [0, 0.1) is 12.8 Å². The maximum atomic E-state index is 12.1. The zero-order valence-corrected chi connectivity index (χ0v) is 17.2. The molecule has 6 nitrogen and oxygen atoms in total. The van der Waals surface area contributed by atoms with Gasteiger partial charge in [0.05, 0.1) is 13.2 Å². The Morgan fingerprint density at radius 1 is 1.07 bits per heavy atom. The maximum absolute atomic E-state index is 12.1. The van der Waals surface area contributed by atoms with Gasteiger partial charge < -0.3 is 20.7 Å². The highest BCUT2D eigenvalue weighted by atomic mass is 16.5. The minimum atomic E-state index is -0.0828. The van der Waals surface area contributed by atoms with Crippen LogP contribution in [0.15, 0.2) is 53.5 Å². The molecule has 0 spiro atoms. The van der Waals surface area contributed by atoms with Crippen LogP contribution in [0.4, 0.5) is 0 Å². The van der Waals surface area contributed by atoms with E-state index >= 15 is 0 Å². The number of amides is 1. The molecule has 1 amide bonds. The number of carbonyl (C=O) groups is 1. The molecule has 0 atom stereocenters. The number of ether oxygens (including phenoxy) is 1. The number of nitrogens with one attached hydrogen (secondary N) is 3. The summed E-state index contributed by atoms with van der Waals surface area (Å²) in [7, 11) is 1.69. The van der Waals surface area contributed by atoms with E-state index in [0.29, 0.717) is 25.0 Å². The quantitative estimate of drug-likeness (QED) is 0.452. The first-order valence-electron chi connectivity index (χ1n) is 10.1. The highest BCUT2D eigenvalue weighted by Crippen LogP contribution is 2.30. The van der Waals surface area contributed by atoms with Crippen LogP contribution in [-0.4, -0.2) is 32.1 Å². The van der Waals surface area contributed by atoms with Crippen molar-refractivity contribution in [1.82, 2.24) is 16.0 Å². The van der Waals surface area contributed by atoms with E-state index in [2.05, 4.69) is 46.1 Å². The zero-order valence-electron chi connectivity index (χ0n) is 17.2. The normalized spacial score (nSPS) is 13.7. The summed E-state index contributed by atoms with van der Waals surface area (Å²) < 4.78 is 6.02. The van der Waals surface area contributed by atoms with Crippen molar-refractivity contribution in [3.05, 3.63) is 65.2 Å². The molecular weight excluding hydrogens is 364 g/mol. The van der Waals surface area contributed by atoms with Gasteiger partial charge in [-0.1, -0.05) is 42.5 Å². The van der Waals surface area contributed by atoms with Gasteiger partial charge >= 0.3 is 0 Å². The van der Waals surface area contributed by atoms with E-state index in [1.54, 1.807) is 7.05 Å². The molecule has 0 aromatic heterocycles. The zero-order chi connectivity index (χ0) is 20.5. The van der Waals surface area contributed by atoms with E-state index in [9.17, 15) is 4.79 Å². The molecule has 3 N–H and O–H groups in total. The average Bonchev–Trinajstić information content (AvgIpc) is 3.57. The van der Waals surface area contributed by atoms with Crippen LogP contribution in [0.2, 0.25) is 0 Å². The molecule has 154 valence electrons. The predicted molar refractivity (Wildman–Crippen MR) is 116 cm³/mol. The molecule has 0 radical (unpaired) electrons. The van der Waals surface area contributed by atoms with Crippen molar-refractivity contribution in [3.63, 3.8) is 0 Å². The Labute approximate surface area is 172 Å². The Bertz CT molecular complexity index is 832. The lowest BCUT2D eigenvalue weighted by Gasteiger charge is -2.15. The fraction of sp³-hybridized carbons (Fsp3) is 0.391. The van der Waals surface area contributed by atoms with Crippen LogP contribution < -0.4 is 20.7 Å². The maximum Gasteiger partial charge on any atom is 0.239 e. The number of hydrogen-bond acceptors (Lipinski definition) is 3.